The zero-order valence-electron chi connectivity index (χ0n) is 23.0. The molecule has 0 aromatic heterocycles. The number of likely N-dealkylation sites (tertiary alicyclic amines) is 1. The van der Waals surface area contributed by atoms with Crippen molar-refractivity contribution in [3.8, 4) is 0 Å². The lowest BCUT2D eigenvalue weighted by Crippen LogP contribution is -2.46. The van der Waals surface area contributed by atoms with Crippen molar-refractivity contribution in [3.63, 3.8) is 0 Å². The predicted octanol–water partition coefficient (Wildman–Crippen LogP) is 5.77. The summed E-state index contributed by atoms with van der Waals surface area (Å²) in [6.07, 6.45) is 0.114. The van der Waals surface area contributed by atoms with Crippen LogP contribution in [-0.4, -0.2) is 55.4 Å². The van der Waals surface area contributed by atoms with Crippen LogP contribution in [0.3, 0.4) is 0 Å². The van der Waals surface area contributed by atoms with Crippen molar-refractivity contribution in [3.05, 3.63) is 64.7 Å². The van der Waals surface area contributed by atoms with E-state index < -0.39 is 38.9 Å². The number of carbonyl (C=O) groups excluding carboxylic acids is 1. The minimum atomic E-state index is -4.66. The minimum Gasteiger partial charge on any atom is -0.349 e. The molecule has 6 nitrogen and oxygen atoms in total. The highest BCUT2D eigenvalue weighted by atomic mass is 32.2. The lowest BCUT2D eigenvalue weighted by atomic mass is 9.86. The Morgan fingerprint density at radius 1 is 0.951 bits per heavy atom. The fourth-order valence-electron chi connectivity index (χ4n) is 6.36. The molecule has 41 heavy (non-hydrogen) atoms. The van der Waals surface area contributed by atoms with Crippen LogP contribution in [0.1, 0.15) is 79.7 Å². The van der Waals surface area contributed by atoms with E-state index in [1.165, 1.54) is 21.5 Å². The predicted molar refractivity (Wildman–Crippen MR) is 147 cm³/mol. The van der Waals surface area contributed by atoms with Gasteiger partial charge in [-0.15, -0.1) is 0 Å². The van der Waals surface area contributed by atoms with E-state index in [-0.39, 0.29) is 24.9 Å². The summed E-state index contributed by atoms with van der Waals surface area (Å²) in [5.74, 6) is -0.267. The number of halogens is 4. The number of aryl methyl sites for hydroxylation is 1. The third-order valence-electron chi connectivity index (χ3n) is 8.54. The molecule has 2 fully saturated rings. The normalized spacial score (nSPS) is 23.2. The number of fused-ring (bicyclic) bond motifs is 1. The van der Waals surface area contributed by atoms with Gasteiger partial charge in [-0.2, -0.15) is 17.5 Å². The summed E-state index contributed by atoms with van der Waals surface area (Å²) in [6.45, 7) is 2.43. The van der Waals surface area contributed by atoms with Crippen LogP contribution >= 0.6 is 0 Å². The number of hydrogen-bond acceptors (Lipinski definition) is 4. The van der Waals surface area contributed by atoms with E-state index in [4.69, 9.17) is 0 Å². The Hall–Kier alpha value is -2.50. The number of sulfonamides is 1. The zero-order valence-corrected chi connectivity index (χ0v) is 23.8. The molecule has 2 aromatic rings. The summed E-state index contributed by atoms with van der Waals surface area (Å²) in [4.78, 5) is 15.1. The summed E-state index contributed by atoms with van der Waals surface area (Å²) in [6, 6.07) is 9.28. The fourth-order valence-corrected chi connectivity index (χ4v) is 8.10. The first-order valence-electron chi connectivity index (χ1n) is 14.5. The Labute approximate surface area is 239 Å². The molecule has 11 heteroatoms. The number of nitrogens with one attached hydrogen (secondary N) is 1. The smallest absolute Gasteiger partial charge is 0.349 e. The lowest BCUT2D eigenvalue weighted by Gasteiger charge is -2.35. The number of benzene rings is 2. The van der Waals surface area contributed by atoms with Gasteiger partial charge >= 0.3 is 6.18 Å². The molecule has 2 atom stereocenters. The van der Waals surface area contributed by atoms with E-state index in [1.807, 2.05) is 0 Å². The van der Waals surface area contributed by atoms with Crippen molar-refractivity contribution >= 4 is 15.9 Å². The van der Waals surface area contributed by atoms with Gasteiger partial charge in [0.2, 0.25) is 15.9 Å². The van der Waals surface area contributed by atoms with Gasteiger partial charge in [0.25, 0.3) is 0 Å². The van der Waals surface area contributed by atoms with Crippen molar-refractivity contribution in [1.29, 1.82) is 0 Å². The highest BCUT2D eigenvalue weighted by molar-refractivity contribution is 7.89. The molecule has 5 rings (SSSR count). The molecule has 0 spiro atoms. The largest absolute Gasteiger partial charge is 0.416 e. The van der Waals surface area contributed by atoms with Crippen molar-refractivity contribution in [1.82, 2.24) is 14.5 Å². The SMILES string of the molecule is O=C(CC1CCCCN1S(=O)(=O)c1cccc(C(F)(F)F)c1)N[C@@H]1CCCc2cc(CN3CCC(F)CC3)ccc21. The van der Waals surface area contributed by atoms with Gasteiger partial charge in [0.15, 0.2) is 0 Å². The average molecular weight is 596 g/mol. The van der Waals surface area contributed by atoms with Crippen LogP contribution in [0.4, 0.5) is 17.6 Å². The number of nitrogens with zero attached hydrogens (tertiary/aromatic N) is 2. The van der Waals surface area contributed by atoms with Crippen LogP contribution in [0, 0.1) is 0 Å². The molecule has 2 aliphatic heterocycles. The molecule has 1 N–H and O–H groups in total. The molecule has 0 radical (unpaired) electrons. The summed E-state index contributed by atoms with van der Waals surface area (Å²) in [7, 11) is -4.21. The number of piperidine rings is 2. The van der Waals surface area contributed by atoms with E-state index in [2.05, 4.69) is 28.4 Å². The lowest BCUT2D eigenvalue weighted by molar-refractivity contribution is -0.137. The van der Waals surface area contributed by atoms with Gasteiger partial charge in [0, 0.05) is 38.6 Å². The first kappa shape index (κ1) is 30.0. The maximum absolute atomic E-state index is 13.5. The first-order valence-corrected chi connectivity index (χ1v) is 15.9. The van der Waals surface area contributed by atoms with Gasteiger partial charge < -0.3 is 5.32 Å². The number of carbonyl (C=O) groups is 1. The Morgan fingerprint density at radius 3 is 2.49 bits per heavy atom. The van der Waals surface area contributed by atoms with Crippen LogP contribution in [0.25, 0.3) is 0 Å². The number of amides is 1. The molecule has 1 aliphatic carbocycles. The monoisotopic (exact) mass is 595 g/mol. The van der Waals surface area contributed by atoms with E-state index in [9.17, 15) is 30.8 Å². The fraction of sp³-hybridized carbons (Fsp3) is 0.567. The minimum absolute atomic E-state index is 0.0490. The van der Waals surface area contributed by atoms with Crippen LogP contribution in [0.15, 0.2) is 47.4 Å². The van der Waals surface area contributed by atoms with E-state index in [0.29, 0.717) is 31.7 Å². The standard InChI is InChI=1S/C30H37F4N3O3S/c31-24-12-15-36(16-13-24)20-21-10-11-27-22(17-21)5-3-9-28(27)35-29(38)19-25-7-1-2-14-37(25)41(39,40)26-8-4-6-23(18-26)30(32,33)34/h4,6,8,10-11,17-18,24-25,28H,1-3,5,7,9,12-16,19-20H2,(H,35,38)/t25?,28-/m1/s1. The molecule has 2 aromatic carbocycles. The molecule has 0 bridgehead atoms. The van der Waals surface area contributed by atoms with Gasteiger partial charge in [-0.25, -0.2) is 12.8 Å². The van der Waals surface area contributed by atoms with Crippen molar-refractivity contribution in [2.24, 2.45) is 0 Å². The Kier molecular flexibility index (Phi) is 9.06. The molecule has 1 unspecified atom stereocenters. The molecule has 2 heterocycles. The van der Waals surface area contributed by atoms with Crippen molar-refractivity contribution in [2.45, 2.75) is 93.7 Å². The molecule has 3 aliphatic rings. The van der Waals surface area contributed by atoms with Crippen molar-refractivity contribution < 1.29 is 30.8 Å². The third kappa shape index (κ3) is 7.11. The number of alkyl halides is 4. The van der Waals surface area contributed by atoms with Gasteiger partial charge in [0.1, 0.15) is 6.17 Å². The summed E-state index contributed by atoms with van der Waals surface area (Å²) < 4.78 is 81.2. The summed E-state index contributed by atoms with van der Waals surface area (Å²) in [5.41, 5.74) is 2.40. The zero-order chi connectivity index (χ0) is 29.2. The highest BCUT2D eigenvalue weighted by Crippen LogP contribution is 2.34. The maximum Gasteiger partial charge on any atom is 0.416 e. The maximum atomic E-state index is 13.5. The second kappa shape index (κ2) is 12.4. The number of hydrogen-bond donors (Lipinski definition) is 1. The molecule has 2 saturated heterocycles. The van der Waals surface area contributed by atoms with Gasteiger partial charge in [-0.1, -0.05) is 30.7 Å². The summed E-state index contributed by atoms with van der Waals surface area (Å²) >= 11 is 0. The molecule has 1 amide bonds. The van der Waals surface area contributed by atoms with E-state index in [1.54, 1.807) is 0 Å². The van der Waals surface area contributed by atoms with Gasteiger partial charge in [0.05, 0.1) is 16.5 Å². The van der Waals surface area contributed by atoms with Crippen LogP contribution in [0.5, 0.6) is 0 Å². The topological polar surface area (TPSA) is 69.7 Å². The highest BCUT2D eigenvalue weighted by Gasteiger charge is 2.37. The molecular formula is C30H37F4N3O3S. The van der Waals surface area contributed by atoms with Crippen molar-refractivity contribution in [2.75, 3.05) is 19.6 Å². The van der Waals surface area contributed by atoms with Gasteiger partial charge in [-0.3, -0.25) is 9.69 Å². The molecule has 0 saturated carbocycles. The molecule has 224 valence electrons. The Bertz CT molecular complexity index is 1340. The average Bonchev–Trinajstić information content (AvgIpc) is 2.94. The van der Waals surface area contributed by atoms with E-state index in [0.717, 1.165) is 63.0 Å². The van der Waals surface area contributed by atoms with Crippen LogP contribution in [0.2, 0.25) is 0 Å². The van der Waals surface area contributed by atoms with E-state index >= 15 is 0 Å². The van der Waals surface area contributed by atoms with Crippen LogP contribution in [-0.2, 0) is 34.0 Å². The molecular weight excluding hydrogens is 558 g/mol. The second-order valence-corrected chi connectivity index (χ2v) is 13.4. The Morgan fingerprint density at radius 2 is 1.73 bits per heavy atom. The second-order valence-electron chi connectivity index (χ2n) is 11.5. The third-order valence-corrected chi connectivity index (χ3v) is 10.5. The van der Waals surface area contributed by atoms with Gasteiger partial charge in [-0.05, 0) is 79.8 Å². The summed E-state index contributed by atoms with van der Waals surface area (Å²) in [5, 5.41) is 3.11. The first-order chi connectivity index (χ1) is 19.5. The van der Waals surface area contributed by atoms with Crippen LogP contribution < -0.4 is 5.32 Å². The Balaban J connectivity index is 1.25. The quantitative estimate of drug-likeness (QED) is 0.413. The number of rotatable bonds is 7.